The number of aromatic nitrogens is 2. The molecule has 1 aromatic heterocycles. The first-order chi connectivity index (χ1) is 6.00. The molecule has 0 aliphatic heterocycles. The van der Waals surface area contributed by atoms with Crippen molar-refractivity contribution in [3.05, 3.63) is 11.8 Å². The standard InChI is InChI=1S/C8H13N3O2/c1-10(2)7-4-6(5-8(12)13)9-11(7)3/h4H,5H2,1-3H3,(H,12,13). The van der Waals surface area contributed by atoms with E-state index in [0.717, 1.165) is 5.82 Å². The Hall–Kier alpha value is -1.52. The highest BCUT2D eigenvalue weighted by Gasteiger charge is 2.08. The largest absolute Gasteiger partial charge is 0.481 e. The molecule has 0 bridgehead atoms. The van der Waals surface area contributed by atoms with Gasteiger partial charge in [-0.1, -0.05) is 0 Å². The fraction of sp³-hybridized carbons (Fsp3) is 0.500. The lowest BCUT2D eigenvalue weighted by Gasteiger charge is -2.10. The maximum Gasteiger partial charge on any atom is 0.309 e. The zero-order valence-electron chi connectivity index (χ0n) is 7.98. The van der Waals surface area contributed by atoms with Crippen molar-refractivity contribution in [2.45, 2.75) is 6.42 Å². The molecule has 1 rings (SSSR count). The minimum absolute atomic E-state index is 0.0261. The highest BCUT2D eigenvalue weighted by Crippen LogP contribution is 2.12. The van der Waals surface area contributed by atoms with Gasteiger partial charge in [-0.3, -0.25) is 9.48 Å². The molecule has 0 fully saturated rings. The Balaban J connectivity index is 2.88. The second-order valence-corrected chi connectivity index (χ2v) is 3.08. The van der Waals surface area contributed by atoms with Gasteiger partial charge in [0.05, 0.1) is 12.1 Å². The van der Waals surface area contributed by atoms with E-state index in [2.05, 4.69) is 5.10 Å². The smallest absolute Gasteiger partial charge is 0.309 e. The molecule has 0 saturated carbocycles. The highest BCUT2D eigenvalue weighted by molar-refractivity contribution is 5.69. The van der Waals surface area contributed by atoms with E-state index in [0.29, 0.717) is 5.69 Å². The average Bonchev–Trinajstić information content (AvgIpc) is 2.29. The van der Waals surface area contributed by atoms with Gasteiger partial charge in [-0.05, 0) is 0 Å². The van der Waals surface area contributed by atoms with Gasteiger partial charge in [0.15, 0.2) is 0 Å². The van der Waals surface area contributed by atoms with Crippen LogP contribution in [0.25, 0.3) is 0 Å². The van der Waals surface area contributed by atoms with Gasteiger partial charge in [0.1, 0.15) is 5.82 Å². The number of carboxylic acids is 1. The molecule has 0 spiro atoms. The molecule has 0 unspecified atom stereocenters. The van der Waals surface area contributed by atoms with E-state index in [1.807, 2.05) is 19.0 Å². The van der Waals surface area contributed by atoms with Gasteiger partial charge < -0.3 is 10.0 Å². The second-order valence-electron chi connectivity index (χ2n) is 3.08. The van der Waals surface area contributed by atoms with Crippen molar-refractivity contribution in [1.82, 2.24) is 9.78 Å². The summed E-state index contributed by atoms with van der Waals surface area (Å²) in [6, 6.07) is 1.77. The average molecular weight is 183 g/mol. The third-order valence-corrected chi connectivity index (χ3v) is 1.70. The summed E-state index contributed by atoms with van der Waals surface area (Å²) in [6.45, 7) is 0. The summed E-state index contributed by atoms with van der Waals surface area (Å²) in [5.41, 5.74) is 0.582. The molecular formula is C8H13N3O2. The molecule has 72 valence electrons. The number of carboxylic acid groups (broad SMARTS) is 1. The minimum atomic E-state index is -0.858. The van der Waals surface area contributed by atoms with E-state index in [1.54, 1.807) is 17.8 Å². The SMILES string of the molecule is CN(C)c1cc(CC(=O)O)nn1C. The highest BCUT2D eigenvalue weighted by atomic mass is 16.4. The summed E-state index contributed by atoms with van der Waals surface area (Å²) >= 11 is 0. The summed E-state index contributed by atoms with van der Waals surface area (Å²) < 4.78 is 1.66. The van der Waals surface area contributed by atoms with Gasteiger partial charge >= 0.3 is 5.97 Å². The molecule has 0 aliphatic rings. The van der Waals surface area contributed by atoms with E-state index >= 15 is 0 Å². The van der Waals surface area contributed by atoms with Crippen LogP contribution in [-0.4, -0.2) is 35.0 Å². The third kappa shape index (κ3) is 2.21. The Morgan fingerprint density at radius 1 is 1.69 bits per heavy atom. The molecule has 0 saturated heterocycles. The Bertz CT molecular complexity index is 317. The first-order valence-electron chi connectivity index (χ1n) is 3.92. The van der Waals surface area contributed by atoms with Crippen molar-refractivity contribution in [2.75, 3.05) is 19.0 Å². The Morgan fingerprint density at radius 3 is 2.69 bits per heavy atom. The topological polar surface area (TPSA) is 58.4 Å². The molecule has 0 amide bonds. The van der Waals surface area contributed by atoms with Gasteiger partial charge in [-0.15, -0.1) is 0 Å². The van der Waals surface area contributed by atoms with Gasteiger partial charge in [0.25, 0.3) is 0 Å². The van der Waals surface area contributed by atoms with Crippen LogP contribution < -0.4 is 4.90 Å². The summed E-state index contributed by atoms with van der Waals surface area (Å²) in [7, 11) is 5.57. The van der Waals surface area contributed by atoms with Crippen molar-refractivity contribution >= 4 is 11.8 Å². The minimum Gasteiger partial charge on any atom is -0.481 e. The van der Waals surface area contributed by atoms with E-state index in [4.69, 9.17) is 5.11 Å². The van der Waals surface area contributed by atoms with E-state index in [1.165, 1.54) is 0 Å². The number of aryl methyl sites for hydroxylation is 1. The van der Waals surface area contributed by atoms with Crippen LogP contribution in [-0.2, 0) is 18.3 Å². The number of rotatable bonds is 3. The van der Waals surface area contributed by atoms with Crippen molar-refractivity contribution in [3.8, 4) is 0 Å². The van der Waals surface area contributed by atoms with Gasteiger partial charge in [-0.25, -0.2) is 0 Å². The predicted molar refractivity (Wildman–Crippen MR) is 48.9 cm³/mol. The predicted octanol–water partition coefficient (Wildman–Crippen LogP) is 0.113. The lowest BCUT2D eigenvalue weighted by atomic mass is 10.3. The third-order valence-electron chi connectivity index (χ3n) is 1.70. The summed E-state index contributed by atoms with van der Waals surface area (Å²) in [4.78, 5) is 12.3. The van der Waals surface area contributed by atoms with Crippen LogP contribution in [0.3, 0.4) is 0 Å². The maximum absolute atomic E-state index is 10.4. The second kappa shape index (κ2) is 3.47. The van der Waals surface area contributed by atoms with E-state index in [-0.39, 0.29) is 6.42 Å². The number of carbonyl (C=O) groups is 1. The number of anilines is 1. The van der Waals surface area contributed by atoms with Crippen LogP contribution in [0.2, 0.25) is 0 Å². The molecule has 1 N–H and O–H groups in total. The van der Waals surface area contributed by atoms with Crippen LogP contribution in [0, 0.1) is 0 Å². The van der Waals surface area contributed by atoms with Crippen molar-refractivity contribution < 1.29 is 9.90 Å². The molecular weight excluding hydrogens is 170 g/mol. The van der Waals surface area contributed by atoms with Crippen molar-refractivity contribution in [1.29, 1.82) is 0 Å². The molecule has 0 atom stereocenters. The van der Waals surface area contributed by atoms with Crippen LogP contribution in [0.15, 0.2) is 6.07 Å². The first kappa shape index (κ1) is 9.57. The zero-order chi connectivity index (χ0) is 10.0. The van der Waals surface area contributed by atoms with E-state index < -0.39 is 5.97 Å². The molecule has 5 nitrogen and oxygen atoms in total. The molecule has 1 aromatic rings. The number of hydrogen-bond acceptors (Lipinski definition) is 3. The lowest BCUT2D eigenvalue weighted by molar-refractivity contribution is -0.136. The number of nitrogens with zero attached hydrogens (tertiary/aromatic N) is 3. The Kier molecular flexibility index (Phi) is 2.55. The molecule has 0 radical (unpaired) electrons. The zero-order valence-corrected chi connectivity index (χ0v) is 7.98. The quantitative estimate of drug-likeness (QED) is 0.722. The fourth-order valence-electron chi connectivity index (χ4n) is 1.18. The van der Waals surface area contributed by atoms with Gasteiger partial charge in [0, 0.05) is 27.2 Å². The van der Waals surface area contributed by atoms with Crippen molar-refractivity contribution in [3.63, 3.8) is 0 Å². The molecule has 0 aromatic carbocycles. The summed E-state index contributed by atoms with van der Waals surface area (Å²) in [5, 5.41) is 12.6. The lowest BCUT2D eigenvalue weighted by Crippen LogP contribution is -2.12. The number of hydrogen-bond donors (Lipinski definition) is 1. The molecule has 5 heteroatoms. The Labute approximate surface area is 76.6 Å². The monoisotopic (exact) mass is 183 g/mol. The Morgan fingerprint density at radius 2 is 2.31 bits per heavy atom. The summed E-state index contributed by atoms with van der Waals surface area (Å²) in [6.07, 6.45) is -0.0261. The first-order valence-corrected chi connectivity index (χ1v) is 3.92. The maximum atomic E-state index is 10.4. The summed E-state index contributed by atoms with van der Waals surface area (Å²) in [5.74, 6) is 0.0413. The van der Waals surface area contributed by atoms with Crippen LogP contribution in [0.4, 0.5) is 5.82 Å². The fourth-order valence-corrected chi connectivity index (χ4v) is 1.18. The number of aliphatic carboxylic acids is 1. The molecule has 1 heterocycles. The van der Waals surface area contributed by atoms with Crippen molar-refractivity contribution in [2.24, 2.45) is 7.05 Å². The van der Waals surface area contributed by atoms with Gasteiger partial charge in [-0.2, -0.15) is 5.10 Å². The van der Waals surface area contributed by atoms with Crippen LogP contribution in [0.1, 0.15) is 5.69 Å². The van der Waals surface area contributed by atoms with Crippen LogP contribution >= 0.6 is 0 Å². The molecule has 0 aliphatic carbocycles. The molecule has 13 heavy (non-hydrogen) atoms. The van der Waals surface area contributed by atoms with Gasteiger partial charge in [0.2, 0.25) is 0 Å². The normalized spacial score (nSPS) is 10.1. The van der Waals surface area contributed by atoms with Crippen LogP contribution in [0.5, 0.6) is 0 Å². The van der Waals surface area contributed by atoms with E-state index in [9.17, 15) is 4.79 Å².